The average molecular weight is 363 g/mol. The molecule has 2 fully saturated rings. The number of piperidine rings is 1. The molecule has 3 aliphatic rings. The Bertz CT molecular complexity index is 800. The van der Waals surface area contributed by atoms with E-state index < -0.39 is 10.0 Å². The van der Waals surface area contributed by atoms with Gasteiger partial charge in [-0.25, -0.2) is 8.42 Å². The smallest absolute Gasteiger partial charge is 0.228 e. The zero-order valence-electron chi connectivity index (χ0n) is 14.5. The van der Waals surface area contributed by atoms with Crippen molar-refractivity contribution in [1.82, 2.24) is 9.62 Å². The van der Waals surface area contributed by atoms with Crippen molar-refractivity contribution in [2.24, 2.45) is 11.3 Å². The molecule has 0 radical (unpaired) electrons. The lowest BCUT2D eigenvalue weighted by Gasteiger charge is -2.28. The number of amides is 1. The van der Waals surface area contributed by atoms with Crippen LogP contribution in [0.4, 0.5) is 5.69 Å². The van der Waals surface area contributed by atoms with Crippen LogP contribution in [-0.4, -0.2) is 44.5 Å². The number of fused-ring (bicyclic) bond motifs is 1. The molecule has 136 valence electrons. The number of benzene rings is 1. The van der Waals surface area contributed by atoms with E-state index in [0.29, 0.717) is 19.5 Å². The van der Waals surface area contributed by atoms with E-state index in [1.54, 1.807) is 0 Å². The number of rotatable bonds is 3. The predicted molar refractivity (Wildman–Crippen MR) is 96.7 cm³/mol. The van der Waals surface area contributed by atoms with Crippen LogP contribution in [0, 0.1) is 11.3 Å². The largest absolute Gasteiger partial charge is 0.326 e. The van der Waals surface area contributed by atoms with E-state index in [1.165, 1.54) is 10.6 Å². The van der Waals surface area contributed by atoms with Gasteiger partial charge < -0.3 is 10.6 Å². The van der Waals surface area contributed by atoms with E-state index in [1.807, 2.05) is 18.2 Å². The highest BCUT2D eigenvalue weighted by atomic mass is 32.2. The van der Waals surface area contributed by atoms with Crippen LogP contribution < -0.4 is 10.6 Å². The first-order valence-corrected chi connectivity index (χ1v) is 10.8. The molecule has 0 aromatic heterocycles. The minimum atomic E-state index is -3.19. The highest BCUT2D eigenvalue weighted by Crippen LogP contribution is 2.58. The zero-order valence-corrected chi connectivity index (χ0v) is 15.4. The molecular weight excluding hydrogens is 338 g/mol. The Kier molecular flexibility index (Phi) is 4.13. The van der Waals surface area contributed by atoms with E-state index in [2.05, 4.69) is 10.6 Å². The molecule has 2 aliphatic heterocycles. The molecule has 4 rings (SSSR count). The first kappa shape index (κ1) is 17.0. The average Bonchev–Trinajstić information content (AvgIpc) is 3.27. The minimum absolute atomic E-state index is 0.126. The highest BCUT2D eigenvalue weighted by molar-refractivity contribution is 7.88. The van der Waals surface area contributed by atoms with Gasteiger partial charge in [-0.2, -0.15) is 4.31 Å². The molecule has 6 nitrogen and oxygen atoms in total. The lowest BCUT2D eigenvalue weighted by Crippen LogP contribution is -2.35. The monoisotopic (exact) mass is 363 g/mol. The molecule has 1 atom stereocenters. The van der Waals surface area contributed by atoms with Crippen LogP contribution in [0.3, 0.4) is 0 Å². The lowest BCUT2D eigenvalue weighted by atomic mass is 9.91. The molecular formula is C18H25N3O3S. The van der Waals surface area contributed by atoms with Gasteiger partial charge in [0.15, 0.2) is 0 Å². The number of anilines is 1. The molecule has 1 amide bonds. The third-order valence-electron chi connectivity index (χ3n) is 6.06. The standard InChI is InChI=1S/C18H25N3O3S/c1-25(23,24)21-10-5-14-13(12-21)3-2-4-16(14)20-17(22)15-11-18(15)6-8-19-9-7-18/h2-4,15,19H,5-12H2,1H3,(H,20,22). The number of sulfonamides is 1. The van der Waals surface area contributed by atoms with E-state index in [-0.39, 0.29) is 17.2 Å². The number of hydrogen-bond acceptors (Lipinski definition) is 4. The second-order valence-electron chi connectivity index (χ2n) is 7.65. The maximum atomic E-state index is 12.7. The van der Waals surface area contributed by atoms with Crippen molar-refractivity contribution in [1.29, 1.82) is 0 Å². The Labute approximate surface area is 149 Å². The minimum Gasteiger partial charge on any atom is -0.326 e. The summed E-state index contributed by atoms with van der Waals surface area (Å²) in [6.07, 6.45) is 5.05. The number of hydrogen-bond donors (Lipinski definition) is 2. The molecule has 1 saturated heterocycles. The van der Waals surface area contributed by atoms with Gasteiger partial charge in [-0.15, -0.1) is 0 Å². The number of carbonyl (C=O) groups excluding carboxylic acids is 1. The first-order valence-electron chi connectivity index (χ1n) is 8.97. The van der Waals surface area contributed by atoms with Gasteiger partial charge in [0.1, 0.15) is 0 Å². The number of nitrogens with one attached hydrogen (secondary N) is 2. The maximum absolute atomic E-state index is 12.7. The quantitative estimate of drug-likeness (QED) is 0.849. The number of nitrogens with zero attached hydrogens (tertiary/aromatic N) is 1. The summed E-state index contributed by atoms with van der Waals surface area (Å²) >= 11 is 0. The van der Waals surface area contributed by atoms with Gasteiger partial charge in [0.25, 0.3) is 0 Å². The molecule has 1 spiro atoms. The fourth-order valence-corrected chi connectivity index (χ4v) is 5.20. The number of carbonyl (C=O) groups is 1. The maximum Gasteiger partial charge on any atom is 0.228 e. The molecule has 1 saturated carbocycles. The van der Waals surface area contributed by atoms with Gasteiger partial charge in [-0.3, -0.25) is 4.79 Å². The summed E-state index contributed by atoms with van der Waals surface area (Å²) in [5.74, 6) is 0.252. The Hall–Kier alpha value is -1.44. The van der Waals surface area contributed by atoms with E-state index in [0.717, 1.165) is 49.2 Å². The van der Waals surface area contributed by atoms with Crippen molar-refractivity contribution in [2.75, 3.05) is 31.2 Å². The van der Waals surface area contributed by atoms with Crippen molar-refractivity contribution < 1.29 is 13.2 Å². The molecule has 1 aromatic carbocycles. The van der Waals surface area contributed by atoms with Crippen LogP contribution in [-0.2, 0) is 27.8 Å². The van der Waals surface area contributed by atoms with Crippen molar-refractivity contribution in [3.63, 3.8) is 0 Å². The van der Waals surface area contributed by atoms with E-state index >= 15 is 0 Å². The SMILES string of the molecule is CS(=O)(=O)N1CCc2c(cccc2NC(=O)C2CC23CCNCC3)C1. The molecule has 2 heterocycles. The molecule has 7 heteroatoms. The summed E-state index contributed by atoms with van der Waals surface area (Å²) in [7, 11) is -3.19. The van der Waals surface area contributed by atoms with Crippen molar-refractivity contribution in [2.45, 2.75) is 32.2 Å². The third-order valence-corrected chi connectivity index (χ3v) is 7.31. The van der Waals surface area contributed by atoms with Crippen LogP contribution in [0.25, 0.3) is 0 Å². The normalized spacial score (nSPS) is 25.4. The Morgan fingerprint density at radius 3 is 2.80 bits per heavy atom. The zero-order chi connectivity index (χ0) is 17.7. The summed E-state index contributed by atoms with van der Waals surface area (Å²) < 4.78 is 25.1. The topological polar surface area (TPSA) is 78.5 Å². The summed E-state index contributed by atoms with van der Waals surface area (Å²) in [4.78, 5) is 12.7. The van der Waals surface area contributed by atoms with Gasteiger partial charge in [0.05, 0.1) is 6.26 Å². The van der Waals surface area contributed by atoms with Crippen LogP contribution in [0.5, 0.6) is 0 Å². The van der Waals surface area contributed by atoms with Crippen LogP contribution in [0.2, 0.25) is 0 Å². The molecule has 0 bridgehead atoms. The van der Waals surface area contributed by atoms with E-state index in [9.17, 15) is 13.2 Å². The Balaban J connectivity index is 1.49. The van der Waals surface area contributed by atoms with Gasteiger partial charge in [0, 0.05) is 24.7 Å². The second kappa shape index (κ2) is 6.07. The van der Waals surface area contributed by atoms with Crippen molar-refractivity contribution in [3.8, 4) is 0 Å². The highest BCUT2D eigenvalue weighted by Gasteiger charge is 2.57. The fraction of sp³-hybridized carbons (Fsp3) is 0.611. The third kappa shape index (κ3) is 3.20. The molecule has 1 aromatic rings. The molecule has 25 heavy (non-hydrogen) atoms. The summed E-state index contributed by atoms with van der Waals surface area (Å²) in [6, 6.07) is 5.78. The van der Waals surface area contributed by atoms with Gasteiger partial charge in [0.2, 0.25) is 15.9 Å². The lowest BCUT2D eigenvalue weighted by molar-refractivity contribution is -0.118. The second-order valence-corrected chi connectivity index (χ2v) is 9.63. The van der Waals surface area contributed by atoms with Crippen molar-refractivity contribution >= 4 is 21.6 Å². The summed E-state index contributed by atoms with van der Waals surface area (Å²) in [5.41, 5.74) is 3.14. The first-order chi connectivity index (χ1) is 11.9. The Morgan fingerprint density at radius 2 is 2.08 bits per heavy atom. The molecule has 1 aliphatic carbocycles. The van der Waals surface area contributed by atoms with Crippen molar-refractivity contribution in [3.05, 3.63) is 29.3 Å². The fourth-order valence-electron chi connectivity index (χ4n) is 4.40. The van der Waals surface area contributed by atoms with Crippen LogP contribution in [0.15, 0.2) is 18.2 Å². The van der Waals surface area contributed by atoms with Gasteiger partial charge in [-0.05, 0) is 61.4 Å². The van der Waals surface area contributed by atoms with E-state index in [4.69, 9.17) is 0 Å². The molecule has 2 N–H and O–H groups in total. The van der Waals surface area contributed by atoms with Crippen LogP contribution >= 0.6 is 0 Å². The Morgan fingerprint density at radius 1 is 1.32 bits per heavy atom. The molecule has 1 unspecified atom stereocenters. The van der Waals surface area contributed by atoms with Gasteiger partial charge >= 0.3 is 0 Å². The predicted octanol–water partition coefficient (Wildman–Crippen LogP) is 1.33. The van der Waals surface area contributed by atoms with Crippen LogP contribution in [0.1, 0.15) is 30.4 Å². The van der Waals surface area contributed by atoms with Gasteiger partial charge in [-0.1, -0.05) is 12.1 Å². The summed E-state index contributed by atoms with van der Waals surface area (Å²) in [6.45, 7) is 2.87. The summed E-state index contributed by atoms with van der Waals surface area (Å²) in [5, 5.41) is 6.49.